The fourth-order valence-corrected chi connectivity index (χ4v) is 0.952. The van der Waals surface area contributed by atoms with Crippen molar-refractivity contribution in [2.45, 2.75) is 25.3 Å². The fraction of sp³-hybridized carbons (Fsp3) is 0.750. The highest BCUT2D eigenvalue weighted by Gasteiger charge is 2.45. The van der Waals surface area contributed by atoms with Gasteiger partial charge in [0, 0.05) is 20.0 Å². The van der Waals surface area contributed by atoms with Crippen LogP contribution in [0.2, 0.25) is 0 Å². The van der Waals surface area contributed by atoms with Crippen LogP contribution in [0.4, 0.5) is 0 Å². The summed E-state index contributed by atoms with van der Waals surface area (Å²) in [7, 11) is 0. The molecule has 0 atom stereocenters. The SMILES string of the molecule is CC(=O)NCCNC(=O)C1(N)CC1. The summed E-state index contributed by atoms with van der Waals surface area (Å²) >= 11 is 0. The van der Waals surface area contributed by atoms with Crippen molar-refractivity contribution < 1.29 is 9.59 Å². The van der Waals surface area contributed by atoms with Crippen molar-refractivity contribution in [3.05, 3.63) is 0 Å². The van der Waals surface area contributed by atoms with E-state index in [-0.39, 0.29) is 11.8 Å². The van der Waals surface area contributed by atoms with E-state index in [2.05, 4.69) is 10.6 Å². The van der Waals surface area contributed by atoms with Gasteiger partial charge in [0.25, 0.3) is 0 Å². The zero-order valence-corrected chi connectivity index (χ0v) is 7.72. The van der Waals surface area contributed by atoms with Crippen molar-refractivity contribution in [3.63, 3.8) is 0 Å². The van der Waals surface area contributed by atoms with Crippen LogP contribution in [0, 0.1) is 0 Å². The first-order valence-corrected chi connectivity index (χ1v) is 4.36. The van der Waals surface area contributed by atoms with E-state index in [1.165, 1.54) is 6.92 Å². The van der Waals surface area contributed by atoms with E-state index in [1.54, 1.807) is 0 Å². The Morgan fingerprint density at radius 1 is 1.31 bits per heavy atom. The molecule has 0 aromatic rings. The van der Waals surface area contributed by atoms with Crippen LogP contribution >= 0.6 is 0 Å². The van der Waals surface area contributed by atoms with Gasteiger partial charge in [-0.1, -0.05) is 0 Å². The Hall–Kier alpha value is -1.10. The fourth-order valence-electron chi connectivity index (χ4n) is 0.952. The molecule has 0 saturated heterocycles. The molecule has 2 amide bonds. The van der Waals surface area contributed by atoms with Crippen LogP contribution in [0.25, 0.3) is 0 Å². The maximum atomic E-state index is 11.2. The van der Waals surface area contributed by atoms with E-state index in [0.29, 0.717) is 13.1 Å². The van der Waals surface area contributed by atoms with Crippen molar-refractivity contribution in [1.82, 2.24) is 10.6 Å². The Kier molecular flexibility index (Phi) is 2.87. The van der Waals surface area contributed by atoms with Crippen LogP contribution in [-0.2, 0) is 9.59 Å². The molecule has 74 valence electrons. The lowest BCUT2D eigenvalue weighted by atomic mass is 10.3. The standard InChI is InChI=1S/C8H15N3O2/c1-6(12)10-4-5-11-7(13)8(9)2-3-8/h2-5,9H2,1H3,(H,10,12)(H,11,13). The van der Waals surface area contributed by atoms with Gasteiger partial charge in [0.15, 0.2) is 0 Å². The Balaban J connectivity index is 2.06. The molecule has 1 aliphatic carbocycles. The molecule has 1 aliphatic rings. The summed E-state index contributed by atoms with van der Waals surface area (Å²) in [6, 6.07) is 0. The molecule has 0 unspecified atom stereocenters. The van der Waals surface area contributed by atoms with Gasteiger partial charge in [-0.25, -0.2) is 0 Å². The summed E-state index contributed by atoms with van der Waals surface area (Å²) in [5, 5.41) is 5.24. The van der Waals surface area contributed by atoms with Gasteiger partial charge in [-0.2, -0.15) is 0 Å². The van der Waals surface area contributed by atoms with E-state index in [4.69, 9.17) is 5.73 Å². The molecule has 0 spiro atoms. The maximum Gasteiger partial charge on any atom is 0.240 e. The predicted octanol–water partition coefficient (Wildman–Crippen LogP) is -1.27. The lowest BCUT2D eigenvalue weighted by Crippen LogP contribution is -2.45. The van der Waals surface area contributed by atoms with Gasteiger partial charge >= 0.3 is 0 Å². The number of nitrogens with one attached hydrogen (secondary N) is 2. The zero-order valence-electron chi connectivity index (χ0n) is 7.72. The normalized spacial score (nSPS) is 17.7. The van der Waals surface area contributed by atoms with E-state index in [9.17, 15) is 9.59 Å². The van der Waals surface area contributed by atoms with E-state index in [1.807, 2.05) is 0 Å². The molecular weight excluding hydrogens is 170 g/mol. The number of amides is 2. The second-order valence-electron chi connectivity index (χ2n) is 3.40. The molecule has 13 heavy (non-hydrogen) atoms. The zero-order chi connectivity index (χ0) is 9.90. The van der Waals surface area contributed by atoms with Gasteiger partial charge < -0.3 is 16.4 Å². The molecule has 5 nitrogen and oxygen atoms in total. The molecule has 0 bridgehead atoms. The highest BCUT2D eigenvalue weighted by molar-refractivity contribution is 5.88. The van der Waals surface area contributed by atoms with E-state index < -0.39 is 5.54 Å². The topological polar surface area (TPSA) is 84.2 Å². The Bertz CT molecular complexity index is 223. The predicted molar refractivity (Wildman–Crippen MR) is 47.8 cm³/mol. The molecule has 1 saturated carbocycles. The van der Waals surface area contributed by atoms with Crippen LogP contribution in [0.1, 0.15) is 19.8 Å². The third kappa shape index (κ3) is 3.02. The van der Waals surface area contributed by atoms with Gasteiger partial charge in [0.1, 0.15) is 0 Å². The van der Waals surface area contributed by atoms with E-state index >= 15 is 0 Å². The second kappa shape index (κ2) is 3.74. The third-order valence-electron chi connectivity index (χ3n) is 2.03. The van der Waals surface area contributed by atoms with Crippen LogP contribution in [-0.4, -0.2) is 30.4 Å². The number of carbonyl (C=O) groups excluding carboxylic acids is 2. The Morgan fingerprint density at radius 3 is 2.31 bits per heavy atom. The van der Waals surface area contributed by atoms with Crippen molar-refractivity contribution in [1.29, 1.82) is 0 Å². The maximum absolute atomic E-state index is 11.2. The monoisotopic (exact) mass is 185 g/mol. The summed E-state index contributed by atoms with van der Waals surface area (Å²) in [6.07, 6.45) is 1.53. The molecule has 0 heterocycles. The van der Waals surface area contributed by atoms with Crippen molar-refractivity contribution in [3.8, 4) is 0 Å². The molecule has 0 aromatic carbocycles. The molecule has 1 rings (SSSR count). The minimum absolute atomic E-state index is 0.0943. The average Bonchev–Trinajstić information content (AvgIpc) is 2.78. The number of rotatable bonds is 4. The van der Waals surface area contributed by atoms with Gasteiger partial charge in [0.05, 0.1) is 5.54 Å². The highest BCUT2D eigenvalue weighted by atomic mass is 16.2. The number of hydrogen-bond acceptors (Lipinski definition) is 3. The molecule has 5 heteroatoms. The number of nitrogens with two attached hydrogens (primary N) is 1. The number of hydrogen-bond donors (Lipinski definition) is 3. The van der Waals surface area contributed by atoms with Crippen LogP contribution in [0.15, 0.2) is 0 Å². The smallest absolute Gasteiger partial charge is 0.240 e. The third-order valence-corrected chi connectivity index (χ3v) is 2.03. The average molecular weight is 185 g/mol. The first kappa shape index (κ1) is 9.98. The molecule has 0 aromatic heterocycles. The van der Waals surface area contributed by atoms with Crippen LogP contribution in [0.5, 0.6) is 0 Å². The van der Waals surface area contributed by atoms with Gasteiger partial charge in [-0.05, 0) is 12.8 Å². The molecule has 0 aliphatic heterocycles. The lowest BCUT2D eigenvalue weighted by molar-refractivity contribution is -0.123. The molecule has 1 fully saturated rings. The summed E-state index contributed by atoms with van der Waals surface area (Å²) in [4.78, 5) is 21.7. The molecular formula is C8H15N3O2. The van der Waals surface area contributed by atoms with Gasteiger partial charge in [0.2, 0.25) is 11.8 Å². The largest absolute Gasteiger partial charge is 0.355 e. The minimum atomic E-state index is -0.615. The van der Waals surface area contributed by atoms with Gasteiger partial charge in [-0.3, -0.25) is 9.59 Å². The summed E-state index contributed by atoms with van der Waals surface area (Å²) in [5.41, 5.74) is 5.02. The summed E-state index contributed by atoms with van der Waals surface area (Å²) in [6.45, 7) is 2.33. The quantitative estimate of drug-likeness (QED) is 0.477. The Labute approximate surface area is 77.1 Å². The first-order chi connectivity index (χ1) is 6.04. The number of carbonyl (C=O) groups is 2. The van der Waals surface area contributed by atoms with Crippen LogP contribution in [0.3, 0.4) is 0 Å². The van der Waals surface area contributed by atoms with Crippen molar-refractivity contribution in [2.24, 2.45) is 5.73 Å². The molecule has 0 radical (unpaired) electrons. The molecule has 4 N–H and O–H groups in total. The lowest BCUT2D eigenvalue weighted by Gasteiger charge is -2.09. The van der Waals surface area contributed by atoms with Crippen molar-refractivity contribution >= 4 is 11.8 Å². The summed E-state index contributed by atoms with van der Waals surface area (Å²) in [5.74, 6) is -0.207. The highest BCUT2D eigenvalue weighted by Crippen LogP contribution is 2.31. The van der Waals surface area contributed by atoms with Crippen molar-refractivity contribution in [2.75, 3.05) is 13.1 Å². The van der Waals surface area contributed by atoms with Gasteiger partial charge in [-0.15, -0.1) is 0 Å². The Morgan fingerprint density at radius 2 is 1.85 bits per heavy atom. The second-order valence-corrected chi connectivity index (χ2v) is 3.40. The first-order valence-electron chi connectivity index (χ1n) is 4.36. The summed E-state index contributed by atoms with van der Waals surface area (Å²) < 4.78 is 0. The minimum Gasteiger partial charge on any atom is -0.355 e. The van der Waals surface area contributed by atoms with Crippen LogP contribution < -0.4 is 16.4 Å². The van der Waals surface area contributed by atoms with E-state index in [0.717, 1.165) is 12.8 Å².